The number of nitrogens with zero attached hydrogens (tertiary/aromatic N) is 2. The fourth-order valence-corrected chi connectivity index (χ4v) is 1.37. The minimum absolute atomic E-state index is 0.0975. The number of halogens is 4. The van der Waals surface area contributed by atoms with Gasteiger partial charge in [-0.2, -0.15) is 13.2 Å². The highest BCUT2D eigenvalue weighted by Crippen LogP contribution is 2.34. The average molecular weight is 272 g/mol. The molecule has 1 aromatic heterocycles. The van der Waals surface area contributed by atoms with Gasteiger partial charge in [-0.3, -0.25) is 0 Å². The summed E-state index contributed by atoms with van der Waals surface area (Å²) in [5.41, 5.74) is -0.791. The van der Waals surface area contributed by atoms with Gasteiger partial charge in [0.1, 0.15) is 11.6 Å². The molecule has 0 aliphatic carbocycles. The maximum Gasteiger partial charge on any atom is 0.419 e. The topological polar surface area (TPSA) is 35.0 Å². The summed E-state index contributed by atoms with van der Waals surface area (Å²) in [4.78, 5) is 7.62. The van der Waals surface area contributed by atoms with Crippen LogP contribution >= 0.6 is 0 Å². The molecule has 7 heteroatoms. The minimum Gasteiger partial charge on any atom is -0.424 e. The Hall–Kier alpha value is -2.18. The SMILES string of the molecule is Cc1ccnc(Oc2ccc(F)c(C(F)(F)F)c2)n1. The van der Waals surface area contributed by atoms with Crippen molar-refractivity contribution in [2.75, 3.05) is 0 Å². The second-order valence-electron chi connectivity index (χ2n) is 3.72. The molecule has 0 amide bonds. The van der Waals surface area contributed by atoms with Crippen molar-refractivity contribution < 1.29 is 22.3 Å². The van der Waals surface area contributed by atoms with Gasteiger partial charge in [-0.1, -0.05) is 0 Å². The molecule has 0 unspecified atom stereocenters. The van der Waals surface area contributed by atoms with Crippen LogP contribution in [0.25, 0.3) is 0 Å². The molecule has 0 saturated heterocycles. The summed E-state index contributed by atoms with van der Waals surface area (Å²) < 4.78 is 55.6. The maximum absolute atomic E-state index is 13.1. The van der Waals surface area contributed by atoms with Gasteiger partial charge >= 0.3 is 12.2 Å². The van der Waals surface area contributed by atoms with Crippen LogP contribution in [0.5, 0.6) is 11.8 Å². The van der Waals surface area contributed by atoms with Crippen molar-refractivity contribution in [3.05, 3.63) is 47.5 Å². The number of ether oxygens (including phenoxy) is 1. The van der Waals surface area contributed by atoms with Crippen molar-refractivity contribution >= 4 is 0 Å². The second-order valence-corrected chi connectivity index (χ2v) is 3.72. The Labute approximate surface area is 105 Å². The van der Waals surface area contributed by atoms with Crippen LogP contribution in [0.4, 0.5) is 17.6 Å². The number of hydrogen-bond acceptors (Lipinski definition) is 3. The van der Waals surface area contributed by atoms with E-state index in [1.807, 2.05) is 0 Å². The van der Waals surface area contributed by atoms with Gasteiger partial charge in [-0.05, 0) is 31.2 Å². The van der Waals surface area contributed by atoms with Gasteiger partial charge in [0.15, 0.2) is 0 Å². The van der Waals surface area contributed by atoms with Gasteiger partial charge < -0.3 is 4.74 Å². The second kappa shape index (κ2) is 4.83. The minimum atomic E-state index is -4.78. The first-order chi connectivity index (χ1) is 8.86. The predicted octanol–water partition coefficient (Wildman–Crippen LogP) is 3.74. The molecule has 0 atom stereocenters. The monoisotopic (exact) mass is 272 g/mol. The van der Waals surface area contributed by atoms with E-state index in [4.69, 9.17) is 4.74 Å². The molecule has 1 aromatic carbocycles. The summed E-state index contributed by atoms with van der Waals surface area (Å²) >= 11 is 0. The molecular weight excluding hydrogens is 264 g/mol. The Kier molecular flexibility index (Phi) is 3.37. The van der Waals surface area contributed by atoms with E-state index in [0.29, 0.717) is 17.8 Å². The smallest absolute Gasteiger partial charge is 0.419 e. The zero-order valence-corrected chi connectivity index (χ0v) is 9.70. The van der Waals surface area contributed by atoms with Crippen molar-refractivity contribution in [1.82, 2.24) is 9.97 Å². The third-order valence-electron chi connectivity index (χ3n) is 2.23. The lowest BCUT2D eigenvalue weighted by atomic mass is 10.2. The number of rotatable bonds is 2. The summed E-state index contributed by atoms with van der Waals surface area (Å²) in [5.74, 6) is -1.54. The number of aromatic nitrogens is 2. The summed E-state index contributed by atoms with van der Waals surface area (Å²) in [6.07, 6.45) is -3.37. The Morgan fingerprint density at radius 3 is 2.53 bits per heavy atom. The molecule has 19 heavy (non-hydrogen) atoms. The third-order valence-corrected chi connectivity index (χ3v) is 2.23. The number of alkyl halides is 3. The van der Waals surface area contributed by atoms with Gasteiger partial charge in [0.25, 0.3) is 0 Å². The highest BCUT2D eigenvalue weighted by molar-refractivity contribution is 5.33. The molecule has 0 N–H and O–H groups in total. The van der Waals surface area contributed by atoms with E-state index in [9.17, 15) is 17.6 Å². The fourth-order valence-electron chi connectivity index (χ4n) is 1.37. The highest BCUT2D eigenvalue weighted by atomic mass is 19.4. The summed E-state index contributed by atoms with van der Waals surface area (Å²) in [5, 5.41) is 0. The van der Waals surface area contributed by atoms with Crippen LogP contribution in [0.15, 0.2) is 30.5 Å². The quantitative estimate of drug-likeness (QED) is 0.781. The van der Waals surface area contributed by atoms with Gasteiger partial charge in [0.05, 0.1) is 5.56 Å². The van der Waals surface area contributed by atoms with E-state index in [2.05, 4.69) is 9.97 Å². The first-order valence-electron chi connectivity index (χ1n) is 5.20. The van der Waals surface area contributed by atoms with E-state index in [-0.39, 0.29) is 11.8 Å². The summed E-state index contributed by atoms with van der Waals surface area (Å²) in [7, 11) is 0. The van der Waals surface area contributed by atoms with Gasteiger partial charge in [-0.25, -0.2) is 14.4 Å². The van der Waals surface area contributed by atoms with Crippen molar-refractivity contribution in [2.45, 2.75) is 13.1 Å². The number of benzene rings is 1. The number of hydrogen-bond donors (Lipinski definition) is 0. The van der Waals surface area contributed by atoms with Crippen molar-refractivity contribution in [3.63, 3.8) is 0 Å². The highest BCUT2D eigenvalue weighted by Gasteiger charge is 2.34. The normalized spacial score (nSPS) is 11.4. The lowest BCUT2D eigenvalue weighted by Crippen LogP contribution is -2.08. The van der Waals surface area contributed by atoms with E-state index < -0.39 is 17.6 Å². The van der Waals surface area contributed by atoms with Crippen LogP contribution in [-0.2, 0) is 6.18 Å². The molecule has 1 heterocycles. The molecule has 2 aromatic rings. The molecular formula is C12H8F4N2O. The molecule has 0 aliphatic rings. The first kappa shape index (κ1) is 13.3. The molecule has 0 saturated carbocycles. The Morgan fingerprint density at radius 1 is 1.16 bits per heavy atom. The van der Waals surface area contributed by atoms with Crippen molar-refractivity contribution in [2.24, 2.45) is 0 Å². The van der Waals surface area contributed by atoms with Gasteiger partial charge in [-0.15, -0.1) is 0 Å². The molecule has 0 spiro atoms. The first-order valence-corrected chi connectivity index (χ1v) is 5.20. The van der Waals surface area contributed by atoms with Crippen LogP contribution in [0.1, 0.15) is 11.3 Å². The van der Waals surface area contributed by atoms with Crippen LogP contribution in [-0.4, -0.2) is 9.97 Å². The molecule has 0 fully saturated rings. The lowest BCUT2D eigenvalue weighted by Gasteiger charge is -2.10. The standard InChI is InChI=1S/C12H8F4N2O/c1-7-4-5-17-11(18-7)19-8-2-3-10(13)9(6-8)12(14,15)16/h2-6H,1H3. The molecule has 3 nitrogen and oxygen atoms in total. The van der Waals surface area contributed by atoms with Gasteiger partial charge in [0, 0.05) is 11.9 Å². The van der Waals surface area contributed by atoms with Gasteiger partial charge in [0.2, 0.25) is 0 Å². The number of aryl methyl sites for hydroxylation is 1. The molecule has 0 aliphatic heterocycles. The molecule has 100 valence electrons. The Morgan fingerprint density at radius 2 is 1.89 bits per heavy atom. The van der Waals surface area contributed by atoms with E-state index in [0.717, 1.165) is 6.07 Å². The van der Waals surface area contributed by atoms with E-state index >= 15 is 0 Å². The summed E-state index contributed by atoms with van der Waals surface area (Å²) in [6, 6.07) is 3.85. The molecule has 2 rings (SSSR count). The van der Waals surface area contributed by atoms with Crippen molar-refractivity contribution in [1.29, 1.82) is 0 Å². The Bertz CT molecular complexity index is 599. The third kappa shape index (κ3) is 3.18. The molecule has 0 radical (unpaired) electrons. The molecule has 0 bridgehead atoms. The predicted molar refractivity (Wildman–Crippen MR) is 58.2 cm³/mol. The Balaban J connectivity index is 2.32. The van der Waals surface area contributed by atoms with Crippen LogP contribution in [0.3, 0.4) is 0 Å². The lowest BCUT2D eigenvalue weighted by molar-refractivity contribution is -0.140. The average Bonchev–Trinajstić information content (AvgIpc) is 2.30. The van der Waals surface area contributed by atoms with E-state index in [1.165, 1.54) is 6.20 Å². The summed E-state index contributed by atoms with van der Waals surface area (Å²) in [6.45, 7) is 1.68. The van der Waals surface area contributed by atoms with Crippen LogP contribution < -0.4 is 4.74 Å². The zero-order chi connectivity index (χ0) is 14.0. The van der Waals surface area contributed by atoms with Crippen LogP contribution in [0, 0.1) is 12.7 Å². The van der Waals surface area contributed by atoms with Crippen molar-refractivity contribution in [3.8, 4) is 11.8 Å². The van der Waals surface area contributed by atoms with E-state index in [1.54, 1.807) is 13.0 Å². The largest absolute Gasteiger partial charge is 0.424 e. The van der Waals surface area contributed by atoms with Crippen LogP contribution in [0.2, 0.25) is 0 Å². The fraction of sp³-hybridized carbons (Fsp3) is 0.167. The maximum atomic E-state index is 13.1. The zero-order valence-electron chi connectivity index (χ0n) is 9.70.